The highest BCUT2D eigenvalue weighted by Gasteiger charge is 2.38. The maximum absolute atomic E-state index is 12.5. The van der Waals surface area contributed by atoms with Gasteiger partial charge in [0, 0.05) is 24.0 Å². The number of nitrogens with one attached hydrogen (secondary N) is 2. The summed E-state index contributed by atoms with van der Waals surface area (Å²) in [6.07, 6.45) is 3.26. The van der Waals surface area contributed by atoms with Gasteiger partial charge in [0.25, 0.3) is 5.91 Å². The summed E-state index contributed by atoms with van der Waals surface area (Å²) in [5, 5.41) is 6.03. The quantitative estimate of drug-likeness (QED) is 0.571. The number of imide groups is 1. The van der Waals surface area contributed by atoms with E-state index in [-0.39, 0.29) is 30.7 Å². The first kappa shape index (κ1) is 20.2. The highest BCUT2D eigenvalue weighted by atomic mass is 35.5. The van der Waals surface area contributed by atoms with E-state index in [1.807, 2.05) is 0 Å². The fraction of sp³-hybridized carbons (Fsp3) is 0.500. The van der Waals surface area contributed by atoms with Crippen molar-refractivity contribution in [2.24, 2.45) is 5.73 Å². The zero-order valence-electron chi connectivity index (χ0n) is 14.8. The Balaban J connectivity index is 1.88. The second-order valence-electron chi connectivity index (χ2n) is 6.33. The third kappa shape index (κ3) is 5.19. The Labute approximate surface area is 158 Å². The number of carbonyl (C=O) groups is 3. The first-order valence-corrected chi connectivity index (χ1v) is 9.23. The number of hydrogen-bond donors (Lipinski definition) is 3. The number of halogens is 1. The van der Waals surface area contributed by atoms with E-state index in [1.54, 1.807) is 24.3 Å². The molecule has 0 saturated carbocycles. The first-order chi connectivity index (χ1) is 12.5. The van der Waals surface area contributed by atoms with Gasteiger partial charge < -0.3 is 16.4 Å². The lowest BCUT2D eigenvalue weighted by atomic mass is 10.1. The number of anilines is 1. The molecule has 4 amide bonds. The lowest BCUT2D eigenvalue weighted by molar-refractivity contribution is -0.122. The van der Waals surface area contributed by atoms with Crippen LogP contribution < -0.4 is 21.3 Å². The highest BCUT2D eigenvalue weighted by Crippen LogP contribution is 2.23. The van der Waals surface area contributed by atoms with E-state index >= 15 is 0 Å². The summed E-state index contributed by atoms with van der Waals surface area (Å²) >= 11 is 5.83. The maximum Gasteiger partial charge on any atom is 0.329 e. The van der Waals surface area contributed by atoms with E-state index in [9.17, 15) is 14.4 Å². The van der Waals surface area contributed by atoms with Crippen LogP contribution in [-0.2, 0) is 9.59 Å². The van der Waals surface area contributed by atoms with Crippen LogP contribution in [0, 0.1) is 0 Å². The van der Waals surface area contributed by atoms with Crippen molar-refractivity contribution < 1.29 is 14.4 Å². The third-order valence-electron chi connectivity index (χ3n) is 4.32. The van der Waals surface area contributed by atoms with Crippen LogP contribution in [0.2, 0.25) is 5.02 Å². The second-order valence-corrected chi connectivity index (χ2v) is 6.77. The van der Waals surface area contributed by atoms with Crippen molar-refractivity contribution in [3.8, 4) is 0 Å². The number of amides is 4. The summed E-state index contributed by atoms with van der Waals surface area (Å²) in [5.41, 5.74) is 6.12. The van der Waals surface area contributed by atoms with E-state index in [2.05, 4.69) is 17.6 Å². The average molecular weight is 381 g/mol. The van der Waals surface area contributed by atoms with E-state index in [1.165, 1.54) is 0 Å². The summed E-state index contributed by atoms with van der Waals surface area (Å²) in [4.78, 5) is 37.8. The average Bonchev–Trinajstić information content (AvgIpc) is 2.91. The summed E-state index contributed by atoms with van der Waals surface area (Å²) in [6, 6.07) is 5.18. The van der Waals surface area contributed by atoms with Gasteiger partial charge in [-0.15, -0.1) is 0 Å². The normalized spacial score (nSPS) is 18.0. The number of nitrogens with zero attached hydrogens (tertiary/aromatic N) is 1. The summed E-state index contributed by atoms with van der Waals surface area (Å²) in [7, 11) is 0. The van der Waals surface area contributed by atoms with Gasteiger partial charge in [-0.3, -0.25) is 9.59 Å². The minimum Gasteiger partial charge on any atom is -0.352 e. The number of urea groups is 1. The Morgan fingerprint density at radius 2 is 2.04 bits per heavy atom. The minimum absolute atomic E-state index is 0.0538. The highest BCUT2D eigenvalue weighted by molar-refractivity contribution is 6.30. The molecular weight excluding hydrogens is 356 g/mol. The van der Waals surface area contributed by atoms with Gasteiger partial charge in [-0.05, 0) is 37.1 Å². The molecule has 2 unspecified atom stereocenters. The van der Waals surface area contributed by atoms with Crippen molar-refractivity contribution in [3.63, 3.8) is 0 Å². The fourth-order valence-electron chi connectivity index (χ4n) is 2.84. The molecule has 2 rings (SSSR count). The van der Waals surface area contributed by atoms with Gasteiger partial charge >= 0.3 is 6.03 Å². The number of nitrogens with two attached hydrogens (primary N) is 1. The summed E-state index contributed by atoms with van der Waals surface area (Å²) < 4.78 is 0. The van der Waals surface area contributed by atoms with Gasteiger partial charge in [0.05, 0.1) is 5.69 Å². The van der Waals surface area contributed by atoms with E-state index in [0.717, 1.165) is 24.2 Å². The molecule has 1 heterocycles. The second kappa shape index (κ2) is 9.54. The Kier molecular flexibility index (Phi) is 7.41. The van der Waals surface area contributed by atoms with Crippen molar-refractivity contribution in [2.45, 2.75) is 51.1 Å². The van der Waals surface area contributed by atoms with E-state index in [0.29, 0.717) is 17.3 Å². The Bertz CT molecular complexity index is 650. The molecule has 4 N–H and O–H groups in total. The number of rotatable bonds is 9. The molecule has 26 heavy (non-hydrogen) atoms. The van der Waals surface area contributed by atoms with Gasteiger partial charge in [-0.2, -0.15) is 0 Å². The number of benzene rings is 1. The van der Waals surface area contributed by atoms with Crippen LogP contribution in [0.4, 0.5) is 10.5 Å². The van der Waals surface area contributed by atoms with Crippen LogP contribution >= 0.6 is 11.6 Å². The molecule has 0 radical (unpaired) electrons. The molecule has 1 aromatic rings. The lowest BCUT2D eigenvalue weighted by Crippen LogP contribution is -2.41. The van der Waals surface area contributed by atoms with Crippen molar-refractivity contribution in [1.29, 1.82) is 0 Å². The molecule has 8 heteroatoms. The SMILES string of the molecule is CCCCC(CN)NC(=O)CCC1NC(=O)N(c2ccc(Cl)cc2)C1=O. The van der Waals surface area contributed by atoms with Crippen LogP contribution in [0.25, 0.3) is 0 Å². The van der Waals surface area contributed by atoms with Gasteiger partial charge in [0.1, 0.15) is 6.04 Å². The van der Waals surface area contributed by atoms with Crippen molar-refractivity contribution in [1.82, 2.24) is 10.6 Å². The molecule has 1 aliphatic rings. The van der Waals surface area contributed by atoms with Crippen LogP contribution in [0.3, 0.4) is 0 Å². The smallest absolute Gasteiger partial charge is 0.329 e. The fourth-order valence-corrected chi connectivity index (χ4v) is 2.96. The molecule has 1 fully saturated rings. The maximum atomic E-state index is 12.5. The zero-order valence-corrected chi connectivity index (χ0v) is 15.6. The topological polar surface area (TPSA) is 105 Å². The van der Waals surface area contributed by atoms with Crippen molar-refractivity contribution in [2.75, 3.05) is 11.4 Å². The van der Waals surface area contributed by atoms with Gasteiger partial charge in [-0.1, -0.05) is 31.4 Å². The predicted molar refractivity (Wildman–Crippen MR) is 101 cm³/mol. The molecule has 7 nitrogen and oxygen atoms in total. The molecule has 0 spiro atoms. The van der Waals surface area contributed by atoms with Crippen LogP contribution in [0.5, 0.6) is 0 Å². The summed E-state index contributed by atoms with van der Waals surface area (Å²) in [6.45, 7) is 2.46. The molecule has 2 atom stereocenters. The van der Waals surface area contributed by atoms with Crippen LogP contribution in [0.1, 0.15) is 39.0 Å². The molecular formula is C18H25ClN4O3. The van der Waals surface area contributed by atoms with Crippen LogP contribution in [0.15, 0.2) is 24.3 Å². The Morgan fingerprint density at radius 1 is 1.35 bits per heavy atom. The predicted octanol–water partition coefficient (Wildman–Crippen LogP) is 2.18. The molecule has 0 aliphatic carbocycles. The zero-order chi connectivity index (χ0) is 19.1. The molecule has 142 valence electrons. The van der Waals surface area contributed by atoms with E-state index in [4.69, 9.17) is 17.3 Å². The first-order valence-electron chi connectivity index (χ1n) is 8.85. The van der Waals surface area contributed by atoms with Gasteiger partial charge in [-0.25, -0.2) is 9.69 Å². The number of unbranched alkanes of at least 4 members (excludes halogenated alkanes) is 1. The van der Waals surface area contributed by atoms with Gasteiger partial charge in [0.15, 0.2) is 0 Å². The minimum atomic E-state index is -0.712. The molecule has 0 aromatic heterocycles. The van der Waals surface area contributed by atoms with Crippen LogP contribution in [-0.4, -0.2) is 36.5 Å². The number of hydrogen-bond acceptors (Lipinski definition) is 4. The van der Waals surface area contributed by atoms with Gasteiger partial charge in [0.2, 0.25) is 5.91 Å². The standard InChI is InChI=1S/C18H25ClN4O3/c1-2-3-4-13(11-20)21-16(24)10-9-15-17(25)23(18(26)22-15)14-7-5-12(19)6-8-14/h5-8,13,15H,2-4,9-11,20H2,1H3,(H,21,24)(H,22,26). The molecule has 1 aromatic carbocycles. The van der Waals surface area contributed by atoms with Crippen molar-refractivity contribution in [3.05, 3.63) is 29.3 Å². The summed E-state index contributed by atoms with van der Waals surface area (Å²) in [5.74, 6) is -0.532. The monoisotopic (exact) mass is 380 g/mol. The largest absolute Gasteiger partial charge is 0.352 e. The van der Waals surface area contributed by atoms with E-state index < -0.39 is 12.1 Å². The lowest BCUT2D eigenvalue weighted by Gasteiger charge is -2.17. The Hall–Kier alpha value is -2.12. The van der Waals surface area contributed by atoms with Crippen molar-refractivity contribution >= 4 is 35.1 Å². The molecule has 1 aliphatic heterocycles. The Morgan fingerprint density at radius 3 is 2.65 bits per heavy atom. The number of carbonyl (C=O) groups excluding carboxylic acids is 3. The molecule has 0 bridgehead atoms. The molecule has 1 saturated heterocycles. The third-order valence-corrected chi connectivity index (χ3v) is 4.57.